The molecule has 1 aliphatic heterocycles. The summed E-state index contributed by atoms with van der Waals surface area (Å²) in [5, 5.41) is 2.70. The number of piperidine rings is 1. The van der Waals surface area contributed by atoms with Crippen molar-refractivity contribution >= 4 is 28.4 Å². The van der Waals surface area contributed by atoms with Crippen LogP contribution in [0.2, 0.25) is 0 Å². The average molecular weight is 350 g/mol. The van der Waals surface area contributed by atoms with Crippen LogP contribution < -0.4 is 10.2 Å². The monoisotopic (exact) mass is 350 g/mol. The van der Waals surface area contributed by atoms with Crippen LogP contribution in [0, 0.1) is 11.7 Å². The predicted octanol–water partition coefficient (Wildman–Crippen LogP) is 3.62. The number of para-hydroxylation sites is 3. The zero-order valence-corrected chi connectivity index (χ0v) is 14.2. The Morgan fingerprint density at radius 3 is 2.50 bits per heavy atom. The standard InChI is InChI=1S/C20H19FN4O/c21-15-5-1-2-6-16(15)24-20(26)14-9-11-25(12-10-14)19-13-22-17-7-3-4-8-18(17)23-19/h1-8,13-14H,9-12H2,(H,24,26). The van der Waals surface area contributed by atoms with Gasteiger partial charge in [0.05, 0.1) is 22.9 Å². The lowest BCUT2D eigenvalue weighted by Crippen LogP contribution is -2.38. The molecule has 0 unspecified atom stereocenters. The highest BCUT2D eigenvalue weighted by atomic mass is 19.1. The number of benzene rings is 2. The zero-order chi connectivity index (χ0) is 17.9. The molecule has 1 saturated heterocycles. The summed E-state index contributed by atoms with van der Waals surface area (Å²) in [4.78, 5) is 23.7. The van der Waals surface area contributed by atoms with E-state index in [1.54, 1.807) is 24.4 Å². The van der Waals surface area contributed by atoms with E-state index in [9.17, 15) is 9.18 Å². The topological polar surface area (TPSA) is 58.1 Å². The number of hydrogen-bond acceptors (Lipinski definition) is 4. The predicted molar refractivity (Wildman–Crippen MR) is 99.5 cm³/mol. The van der Waals surface area contributed by atoms with Crippen LogP contribution in [0.5, 0.6) is 0 Å². The molecule has 4 rings (SSSR count). The Labute approximate surface area is 150 Å². The van der Waals surface area contributed by atoms with Gasteiger partial charge in [-0.05, 0) is 37.1 Å². The minimum atomic E-state index is -0.412. The lowest BCUT2D eigenvalue weighted by molar-refractivity contribution is -0.120. The summed E-state index contributed by atoms with van der Waals surface area (Å²) < 4.78 is 13.7. The molecule has 3 aromatic rings. The largest absolute Gasteiger partial charge is 0.355 e. The van der Waals surface area contributed by atoms with Crippen molar-refractivity contribution in [2.24, 2.45) is 5.92 Å². The van der Waals surface area contributed by atoms with E-state index in [0.717, 1.165) is 29.9 Å². The van der Waals surface area contributed by atoms with E-state index in [-0.39, 0.29) is 17.5 Å². The Kier molecular flexibility index (Phi) is 4.48. The van der Waals surface area contributed by atoms with E-state index in [4.69, 9.17) is 0 Å². The second-order valence-corrected chi connectivity index (χ2v) is 6.45. The Hall–Kier alpha value is -3.02. The maximum Gasteiger partial charge on any atom is 0.227 e. The van der Waals surface area contributed by atoms with Gasteiger partial charge < -0.3 is 10.2 Å². The first kappa shape index (κ1) is 16.4. The molecule has 2 heterocycles. The van der Waals surface area contributed by atoms with Crippen molar-refractivity contribution < 1.29 is 9.18 Å². The number of aromatic nitrogens is 2. The van der Waals surface area contributed by atoms with Crippen LogP contribution in [0.3, 0.4) is 0 Å². The number of anilines is 2. The van der Waals surface area contributed by atoms with Gasteiger partial charge in [0.1, 0.15) is 11.6 Å². The molecule has 0 radical (unpaired) electrons. The smallest absolute Gasteiger partial charge is 0.227 e. The summed E-state index contributed by atoms with van der Waals surface area (Å²) in [5.74, 6) is 0.167. The van der Waals surface area contributed by atoms with Gasteiger partial charge in [-0.2, -0.15) is 0 Å². The van der Waals surface area contributed by atoms with Gasteiger partial charge in [0.25, 0.3) is 0 Å². The molecule has 6 heteroatoms. The fourth-order valence-corrected chi connectivity index (χ4v) is 3.27. The first-order valence-electron chi connectivity index (χ1n) is 8.73. The van der Waals surface area contributed by atoms with E-state index < -0.39 is 5.82 Å². The minimum Gasteiger partial charge on any atom is -0.355 e. The van der Waals surface area contributed by atoms with Crippen LogP contribution in [0.1, 0.15) is 12.8 Å². The summed E-state index contributed by atoms with van der Waals surface area (Å²) in [6.45, 7) is 1.45. The van der Waals surface area contributed by atoms with E-state index >= 15 is 0 Å². The first-order chi connectivity index (χ1) is 12.7. The van der Waals surface area contributed by atoms with Gasteiger partial charge in [-0.15, -0.1) is 0 Å². The number of nitrogens with one attached hydrogen (secondary N) is 1. The van der Waals surface area contributed by atoms with Gasteiger partial charge in [-0.1, -0.05) is 24.3 Å². The summed E-state index contributed by atoms with van der Waals surface area (Å²) in [5.41, 5.74) is 1.97. The van der Waals surface area contributed by atoms with Crippen molar-refractivity contribution in [1.29, 1.82) is 0 Å². The van der Waals surface area contributed by atoms with E-state index in [2.05, 4.69) is 20.2 Å². The third-order valence-corrected chi connectivity index (χ3v) is 4.76. The van der Waals surface area contributed by atoms with Crippen LogP contribution >= 0.6 is 0 Å². The summed E-state index contributed by atoms with van der Waals surface area (Å²) >= 11 is 0. The Morgan fingerprint density at radius 2 is 1.73 bits per heavy atom. The van der Waals surface area contributed by atoms with Crippen molar-refractivity contribution in [3.8, 4) is 0 Å². The molecule has 0 bridgehead atoms. The van der Waals surface area contributed by atoms with Gasteiger partial charge in [-0.25, -0.2) is 9.37 Å². The summed E-state index contributed by atoms with van der Waals surface area (Å²) in [7, 11) is 0. The quantitative estimate of drug-likeness (QED) is 0.784. The van der Waals surface area contributed by atoms with Gasteiger partial charge >= 0.3 is 0 Å². The number of carbonyl (C=O) groups is 1. The maximum absolute atomic E-state index is 13.7. The molecular formula is C20H19FN4O. The SMILES string of the molecule is O=C(Nc1ccccc1F)C1CCN(c2cnc3ccccc3n2)CC1. The van der Waals surface area contributed by atoms with Crippen molar-refractivity contribution in [2.45, 2.75) is 12.8 Å². The van der Waals surface area contributed by atoms with Crippen molar-refractivity contribution in [3.63, 3.8) is 0 Å². The second-order valence-electron chi connectivity index (χ2n) is 6.45. The van der Waals surface area contributed by atoms with Crippen molar-refractivity contribution in [2.75, 3.05) is 23.3 Å². The van der Waals surface area contributed by atoms with Crippen LogP contribution in [0.15, 0.2) is 54.7 Å². The van der Waals surface area contributed by atoms with Crippen LogP contribution in [0.4, 0.5) is 15.9 Å². The zero-order valence-electron chi connectivity index (χ0n) is 14.2. The third-order valence-electron chi connectivity index (χ3n) is 4.76. The number of halogens is 1. The summed E-state index contributed by atoms with van der Waals surface area (Å²) in [6, 6.07) is 14.0. The highest BCUT2D eigenvalue weighted by Crippen LogP contribution is 2.24. The number of fused-ring (bicyclic) bond motifs is 1. The van der Waals surface area contributed by atoms with Gasteiger partial charge in [-0.3, -0.25) is 9.78 Å². The Morgan fingerprint density at radius 1 is 1.04 bits per heavy atom. The number of nitrogens with zero attached hydrogens (tertiary/aromatic N) is 3. The molecule has 0 atom stereocenters. The molecule has 1 fully saturated rings. The van der Waals surface area contributed by atoms with Crippen LogP contribution in [0.25, 0.3) is 11.0 Å². The molecule has 2 aromatic carbocycles. The lowest BCUT2D eigenvalue weighted by atomic mass is 9.96. The number of rotatable bonds is 3. The van der Waals surface area contributed by atoms with E-state index in [0.29, 0.717) is 12.8 Å². The van der Waals surface area contributed by atoms with Crippen LogP contribution in [-0.2, 0) is 4.79 Å². The molecule has 0 spiro atoms. The highest BCUT2D eigenvalue weighted by molar-refractivity contribution is 5.92. The maximum atomic E-state index is 13.7. The van der Waals surface area contributed by atoms with E-state index in [1.807, 2.05) is 24.3 Å². The molecule has 132 valence electrons. The Bertz CT molecular complexity index is 938. The van der Waals surface area contributed by atoms with Crippen molar-refractivity contribution in [3.05, 3.63) is 60.5 Å². The lowest BCUT2D eigenvalue weighted by Gasteiger charge is -2.32. The summed E-state index contributed by atoms with van der Waals surface area (Å²) in [6.07, 6.45) is 3.19. The highest BCUT2D eigenvalue weighted by Gasteiger charge is 2.26. The van der Waals surface area contributed by atoms with Crippen molar-refractivity contribution in [1.82, 2.24) is 9.97 Å². The van der Waals surface area contributed by atoms with Gasteiger partial charge in [0, 0.05) is 19.0 Å². The normalized spacial score (nSPS) is 15.2. The molecule has 1 N–H and O–H groups in total. The molecule has 0 aliphatic carbocycles. The third kappa shape index (κ3) is 3.35. The molecular weight excluding hydrogens is 331 g/mol. The second kappa shape index (κ2) is 7.07. The van der Waals surface area contributed by atoms with E-state index in [1.165, 1.54) is 6.07 Å². The van der Waals surface area contributed by atoms with Gasteiger partial charge in [0.2, 0.25) is 5.91 Å². The fourth-order valence-electron chi connectivity index (χ4n) is 3.27. The average Bonchev–Trinajstić information content (AvgIpc) is 2.69. The number of carbonyl (C=O) groups excluding carboxylic acids is 1. The molecule has 1 aromatic heterocycles. The molecule has 26 heavy (non-hydrogen) atoms. The molecule has 1 aliphatic rings. The fraction of sp³-hybridized carbons (Fsp3) is 0.250. The van der Waals surface area contributed by atoms with Gasteiger partial charge in [0.15, 0.2) is 0 Å². The van der Waals surface area contributed by atoms with Crippen LogP contribution in [-0.4, -0.2) is 29.0 Å². The first-order valence-corrected chi connectivity index (χ1v) is 8.73. The molecule has 1 amide bonds. The number of hydrogen-bond donors (Lipinski definition) is 1. The molecule has 0 saturated carbocycles. The molecule has 5 nitrogen and oxygen atoms in total. The number of amides is 1. The minimum absolute atomic E-state index is 0.126. The Balaban J connectivity index is 1.40.